The van der Waals surface area contributed by atoms with E-state index in [1.165, 1.54) is 5.56 Å². The van der Waals surface area contributed by atoms with Crippen molar-refractivity contribution in [1.29, 1.82) is 0 Å². The standard InChI is InChI=1S/C15H21NO2/c1-15(2,3)7-9-16-8-6-11-4-5-12(14(17)18)10-13(11)16/h4-5,10H,6-9H2,1-3H3,(H,17,18). The Balaban J connectivity index is 2.16. The van der Waals surface area contributed by atoms with Gasteiger partial charge in [0.1, 0.15) is 0 Å². The minimum atomic E-state index is -0.847. The van der Waals surface area contributed by atoms with Gasteiger partial charge in [-0.2, -0.15) is 0 Å². The molecule has 0 fully saturated rings. The Morgan fingerprint density at radius 1 is 1.39 bits per heavy atom. The van der Waals surface area contributed by atoms with Crippen molar-refractivity contribution in [3.8, 4) is 0 Å². The average Bonchev–Trinajstić information content (AvgIpc) is 2.67. The van der Waals surface area contributed by atoms with Crippen LogP contribution in [0, 0.1) is 5.41 Å². The molecule has 2 rings (SSSR count). The van der Waals surface area contributed by atoms with Crippen LogP contribution in [0.1, 0.15) is 43.1 Å². The van der Waals surface area contributed by atoms with Gasteiger partial charge in [-0.05, 0) is 36.0 Å². The summed E-state index contributed by atoms with van der Waals surface area (Å²) in [7, 11) is 0. The van der Waals surface area contributed by atoms with Gasteiger partial charge in [0.15, 0.2) is 0 Å². The summed E-state index contributed by atoms with van der Waals surface area (Å²) in [6.07, 6.45) is 2.14. The Morgan fingerprint density at radius 2 is 2.11 bits per heavy atom. The van der Waals surface area contributed by atoms with Crippen molar-refractivity contribution in [2.75, 3.05) is 18.0 Å². The Kier molecular flexibility index (Phi) is 3.33. The SMILES string of the molecule is CC(C)(C)CCN1CCc2ccc(C(=O)O)cc21. The predicted octanol–water partition coefficient (Wildman–Crippen LogP) is 3.18. The molecule has 1 heterocycles. The van der Waals surface area contributed by atoms with E-state index in [1.54, 1.807) is 6.07 Å². The van der Waals surface area contributed by atoms with Gasteiger partial charge in [0, 0.05) is 18.8 Å². The first-order valence-electron chi connectivity index (χ1n) is 6.48. The molecule has 1 aliphatic heterocycles. The molecule has 18 heavy (non-hydrogen) atoms. The van der Waals surface area contributed by atoms with E-state index in [9.17, 15) is 4.79 Å². The van der Waals surface area contributed by atoms with E-state index in [0.29, 0.717) is 11.0 Å². The molecule has 0 unspecified atom stereocenters. The number of nitrogens with zero attached hydrogens (tertiary/aromatic N) is 1. The maximum atomic E-state index is 11.0. The maximum Gasteiger partial charge on any atom is 0.335 e. The van der Waals surface area contributed by atoms with E-state index in [1.807, 2.05) is 12.1 Å². The molecule has 3 nitrogen and oxygen atoms in total. The summed E-state index contributed by atoms with van der Waals surface area (Å²) in [6.45, 7) is 8.71. The molecular weight excluding hydrogens is 226 g/mol. The third kappa shape index (κ3) is 2.84. The van der Waals surface area contributed by atoms with E-state index in [4.69, 9.17) is 5.11 Å². The lowest BCUT2D eigenvalue weighted by molar-refractivity contribution is 0.0697. The minimum absolute atomic E-state index is 0.313. The fourth-order valence-electron chi connectivity index (χ4n) is 2.28. The highest BCUT2D eigenvalue weighted by atomic mass is 16.4. The van der Waals surface area contributed by atoms with Crippen molar-refractivity contribution >= 4 is 11.7 Å². The molecule has 0 aliphatic carbocycles. The molecule has 98 valence electrons. The smallest absolute Gasteiger partial charge is 0.335 e. The number of hydrogen-bond donors (Lipinski definition) is 1. The van der Waals surface area contributed by atoms with Crippen molar-refractivity contribution in [3.05, 3.63) is 29.3 Å². The molecule has 0 saturated heterocycles. The van der Waals surface area contributed by atoms with Crippen LogP contribution in [-0.2, 0) is 6.42 Å². The van der Waals surface area contributed by atoms with Crippen LogP contribution < -0.4 is 4.90 Å². The van der Waals surface area contributed by atoms with Crippen LogP contribution in [0.15, 0.2) is 18.2 Å². The number of rotatable bonds is 3. The van der Waals surface area contributed by atoms with Crippen molar-refractivity contribution in [2.24, 2.45) is 5.41 Å². The number of hydrogen-bond acceptors (Lipinski definition) is 2. The summed E-state index contributed by atoms with van der Waals surface area (Å²) in [4.78, 5) is 13.3. The first-order valence-corrected chi connectivity index (χ1v) is 6.48. The highest BCUT2D eigenvalue weighted by Crippen LogP contribution is 2.30. The molecule has 0 aromatic heterocycles. The number of anilines is 1. The molecule has 0 bridgehead atoms. The number of fused-ring (bicyclic) bond motifs is 1. The first-order chi connectivity index (χ1) is 8.37. The Bertz CT molecular complexity index is 460. The maximum absolute atomic E-state index is 11.0. The Hall–Kier alpha value is -1.51. The van der Waals surface area contributed by atoms with Gasteiger partial charge in [-0.25, -0.2) is 4.79 Å². The summed E-state index contributed by atoms with van der Waals surface area (Å²) in [5.41, 5.74) is 3.08. The monoisotopic (exact) mass is 247 g/mol. The molecule has 0 amide bonds. The van der Waals surface area contributed by atoms with Crippen LogP contribution in [-0.4, -0.2) is 24.2 Å². The van der Waals surface area contributed by atoms with Gasteiger partial charge in [-0.15, -0.1) is 0 Å². The molecule has 0 atom stereocenters. The molecule has 1 N–H and O–H groups in total. The molecule has 0 saturated carbocycles. The zero-order chi connectivity index (χ0) is 13.3. The molecule has 0 radical (unpaired) electrons. The van der Waals surface area contributed by atoms with E-state index in [-0.39, 0.29) is 0 Å². The number of aromatic carboxylic acids is 1. The normalized spacial score (nSPS) is 14.7. The van der Waals surface area contributed by atoms with Crippen LogP contribution in [0.25, 0.3) is 0 Å². The van der Waals surface area contributed by atoms with Gasteiger partial charge in [0.2, 0.25) is 0 Å². The summed E-state index contributed by atoms with van der Waals surface area (Å²) in [5, 5.41) is 9.04. The van der Waals surface area contributed by atoms with Gasteiger partial charge in [0.25, 0.3) is 0 Å². The van der Waals surface area contributed by atoms with Crippen LogP contribution in [0.2, 0.25) is 0 Å². The van der Waals surface area contributed by atoms with E-state index < -0.39 is 5.97 Å². The van der Waals surface area contributed by atoms with Crippen LogP contribution >= 0.6 is 0 Å². The fourth-order valence-corrected chi connectivity index (χ4v) is 2.28. The van der Waals surface area contributed by atoms with Crippen molar-refractivity contribution in [2.45, 2.75) is 33.6 Å². The van der Waals surface area contributed by atoms with E-state index in [0.717, 1.165) is 31.6 Å². The summed E-state index contributed by atoms with van der Waals surface area (Å²) in [6, 6.07) is 5.47. The molecule has 1 aromatic carbocycles. The third-order valence-electron chi connectivity index (χ3n) is 3.46. The number of carboxylic acids is 1. The first kappa shape index (κ1) is 12.9. The molecule has 1 aliphatic rings. The number of benzene rings is 1. The lowest BCUT2D eigenvalue weighted by Gasteiger charge is -2.25. The van der Waals surface area contributed by atoms with Gasteiger partial charge < -0.3 is 10.0 Å². The van der Waals surface area contributed by atoms with E-state index in [2.05, 4.69) is 25.7 Å². The largest absolute Gasteiger partial charge is 0.478 e. The Labute approximate surface area is 108 Å². The summed E-state index contributed by atoms with van der Waals surface area (Å²) >= 11 is 0. The number of carbonyl (C=O) groups is 1. The fraction of sp³-hybridized carbons (Fsp3) is 0.533. The molecule has 3 heteroatoms. The Morgan fingerprint density at radius 3 is 2.72 bits per heavy atom. The molecule has 0 spiro atoms. The molecule has 1 aromatic rings. The zero-order valence-corrected chi connectivity index (χ0v) is 11.4. The second-order valence-corrected chi connectivity index (χ2v) is 6.20. The second-order valence-electron chi connectivity index (χ2n) is 6.20. The van der Waals surface area contributed by atoms with Crippen LogP contribution in [0.5, 0.6) is 0 Å². The van der Waals surface area contributed by atoms with E-state index >= 15 is 0 Å². The quantitative estimate of drug-likeness (QED) is 0.891. The predicted molar refractivity (Wildman–Crippen MR) is 73.4 cm³/mol. The highest BCUT2D eigenvalue weighted by Gasteiger charge is 2.22. The van der Waals surface area contributed by atoms with Crippen LogP contribution in [0.4, 0.5) is 5.69 Å². The van der Waals surface area contributed by atoms with Crippen molar-refractivity contribution in [1.82, 2.24) is 0 Å². The van der Waals surface area contributed by atoms with Gasteiger partial charge in [0.05, 0.1) is 5.56 Å². The average molecular weight is 247 g/mol. The van der Waals surface area contributed by atoms with Crippen LogP contribution in [0.3, 0.4) is 0 Å². The second kappa shape index (κ2) is 4.63. The minimum Gasteiger partial charge on any atom is -0.478 e. The third-order valence-corrected chi connectivity index (χ3v) is 3.46. The van der Waals surface area contributed by atoms with Gasteiger partial charge >= 0.3 is 5.97 Å². The lowest BCUT2D eigenvalue weighted by Crippen LogP contribution is -2.25. The summed E-state index contributed by atoms with van der Waals surface area (Å²) in [5.74, 6) is -0.847. The zero-order valence-electron chi connectivity index (χ0n) is 11.4. The van der Waals surface area contributed by atoms with Gasteiger partial charge in [-0.3, -0.25) is 0 Å². The lowest BCUT2D eigenvalue weighted by atomic mass is 9.92. The van der Waals surface area contributed by atoms with Crippen molar-refractivity contribution < 1.29 is 9.90 Å². The van der Waals surface area contributed by atoms with Crippen molar-refractivity contribution in [3.63, 3.8) is 0 Å². The summed E-state index contributed by atoms with van der Waals surface area (Å²) < 4.78 is 0. The highest BCUT2D eigenvalue weighted by molar-refractivity contribution is 5.89. The molecular formula is C15H21NO2. The van der Waals surface area contributed by atoms with Gasteiger partial charge in [-0.1, -0.05) is 26.8 Å². The number of carboxylic acid groups (broad SMARTS) is 1. The topological polar surface area (TPSA) is 40.5 Å².